The molecular weight excluding hydrogens is 571 g/mol. The number of piperazine rings is 1. The fourth-order valence-corrected chi connectivity index (χ4v) is 6.10. The number of carbonyl (C=O) groups excluding carboxylic acids is 1. The molecule has 2 aliphatic heterocycles. The van der Waals surface area contributed by atoms with Crippen LogP contribution in [0.2, 0.25) is 10.0 Å². The van der Waals surface area contributed by atoms with Crippen molar-refractivity contribution in [1.29, 1.82) is 0 Å². The zero-order valence-electron chi connectivity index (χ0n) is 25.3. The number of fused-ring (bicyclic) bond motifs is 1. The van der Waals surface area contributed by atoms with E-state index < -0.39 is 0 Å². The first-order valence-corrected chi connectivity index (χ1v) is 16.2. The maximum Gasteiger partial charge on any atom is 0.321 e. The van der Waals surface area contributed by atoms with Gasteiger partial charge < -0.3 is 19.3 Å². The highest BCUT2D eigenvalue weighted by Gasteiger charge is 2.23. The number of nitrogens with zero attached hydrogens (tertiary/aromatic N) is 4. The minimum atomic E-state index is -0.195. The summed E-state index contributed by atoms with van der Waals surface area (Å²) in [6.07, 6.45) is 5.87. The molecule has 0 saturated carbocycles. The van der Waals surface area contributed by atoms with Gasteiger partial charge in [0.1, 0.15) is 5.75 Å². The number of allylic oxidation sites excluding steroid dienone is 1. The summed E-state index contributed by atoms with van der Waals surface area (Å²) in [7, 11) is 0. The normalized spacial score (nSPS) is 15.7. The highest BCUT2D eigenvalue weighted by Crippen LogP contribution is 2.35. The molecule has 9 heteroatoms. The molecule has 0 N–H and O–H groups in total. The van der Waals surface area contributed by atoms with Crippen molar-refractivity contribution in [2.75, 3.05) is 75.5 Å². The van der Waals surface area contributed by atoms with Crippen LogP contribution in [0.5, 0.6) is 5.75 Å². The zero-order valence-corrected chi connectivity index (χ0v) is 26.8. The van der Waals surface area contributed by atoms with Gasteiger partial charge in [0.25, 0.3) is 0 Å². The lowest BCUT2D eigenvalue weighted by Gasteiger charge is -2.36. The molecule has 0 atom stereocenters. The molecule has 0 radical (unpaired) electrons. The van der Waals surface area contributed by atoms with Crippen LogP contribution in [0.25, 0.3) is 0 Å². The third-order valence-electron chi connectivity index (χ3n) is 7.98. The van der Waals surface area contributed by atoms with Gasteiger partial charge >= 0.3 is 5.97 Å². The summed E-state index contributed by atoms with van der Waals surface area (Å²) >= 11 is 12.6. The second kappa shape index (κ2) is 16.4. The summed E-state index contributed by atoms with van der Waals surface area (Å²) < 4.78 is 11.9. The Balaban J connectivity index is 1.20. The van der Waals surface area contributed by atoms with Crippen molar-refractivity contribution in [1.82, 2.24) is 9.80 Å². The van der Waals surface area contributed by atoms with Gasteiger partial charge in [-0.3, -0.25) is 14.6 Å². The summed E-state index contributed by atoms with van der Waals surface area (Å²) in [4.78, 5) is 21.6. The SMILES string of the molecule is C=C1CCc2ccc(OCCCCN3CCN(c4cccc(Cl)c4Cl)CC3)cc2N1COC(=O)CN(CCC)CCC. The van der Waals surface area contributed by atoms with Gasteiger partial charge in [-0.2, -0.15) is 0 Å². The number of esters is 1. The fourth-order valence-electron chi connectivity index (χ4n) is 5.68. The van der Waals surface area contributed by atoms with E-state index in [0.717, 1.165) is 107 Å². The molecule has 0 unspecified atom stereocenters. The first kappa shape index (κ1) is 32.5. The predicted octanol–water partition coefficient (Wildman–Crippen LogP) is 6.86. The monoisotopic (exact) mass is 616 g/mol. The van der Waals surface area contributed by atoms with E-state index in [0.29, 0.717) is 23.2 Å². The van der Waals surface area contributed by atoms with Gasteiger partial charge in [-0.05, 0) is 81.9 Å². The second-order valence-corrected chi connectivity index (χ2v) is 11.9. The quantitative estimate of drug-likeness (QED) is 0.160. The first-order valence-electron chi connectivity index (χ1n) is 15.4. The van der Waals surface area contributed by atoms with Crippen LogP contribution in [-0.4, -0.2) is 81.5 Å². The van der Waals surface area contributed by atoms with E-state index in [4.69, 9.17) is 32.7 Å². The van der Waals surface area contributed by atoms with E-state index in [-0.39, 0.29) is 12.7 Å². The lowest BCUT2D eigenvalue weighted by atomic mass is 10.00. The summed E-state index contributed by atoms with van der Waals surface area (Å²) in [5, 5.41) is 1.25. The minimum Gasteiger partial charge on any atom is -0.494 e. The molecule has 230 valence electrons. The summed E-state index contributed by atoms with van der Waals surface area (Å²) in [5.41, 5.74) is 4.23. The Labute approximate surface area is 261 Å². The number of halogens is 2. The molecule has 0 aliphatic carbocycles. The first-order chi connectivity index (χ1) is 20.4. The highest BCUT2D eigenvalue weighted by atomic mass is 35.5. The molecule has 1 fully saturated rings. The topological polar surface area (TPSA) is 48.5 Å². The van der Waals surface area contributed by atoms with Gasteiger partial charge in [0.15, 0.2) is 6.73 Å². The number of hydrogen-bond acceptors (Lipinski definition) is 7. The molecule has 2 aliphatic rings. The maximum absolute atomic E-state index is 12.6. The Morgan fingerprint density at radius 1 is 0.976 bits per heavy atom. The van der Waals surface area contributed by atoms with Crippen LogP contribution in [0.3, 0.4) is 0 Å². The largest absolute Gasteiger partial charge is 0.494 e. The average Bonchev–Trinajstić information content (AvgIpc) is 2.98. The standard InChI is InChI=1S/C33H46Cl2N4O3/c1-4-15-37(16-5-2)24-32(40)42-25-39-26(3)11-12-27-13-14-28(23-31(27)39)41-22-7-6-17-36-18-20-38(21-19-36)30-10-8-9-29(34)33(30)35/h8-10,13-14,23H,3-7,11-12,15-22,24-25H2,1-2H3. The highest BCUT2D eigenvalue weighted by molar-refractivity contribution is 6.43. The molecule has 2 aromatic rings. The second-order valence-electron chi connectivity index (χ2n) is 11.2. The maximum atomic E-state index is 12.6. The number of carbonyl (C=O) groups is 1. The van der Waals surface area contributed by atoms with Gasteiger partial charge in [0.05, 0.1) is 34.6 Å². The van der Waals surface area contributed by atoms with E-state index in [1.807, 2.05) is 29.2 Å². The van der Waals surface area contributed by atoms with Crippen molar-refractivity contribution >= 4 is 40.5 Å². The third kappa shape index (κ3) is 9.03. The lowest BCUT2D eigenvalue weighted by Crippen LogP contribution is -2.46. The molecule has 2 aromatic carbocycles. The molecule has 42 heavy (non-hydrogen) atoms. The smallest absolute Gasteiger partial charge is 0.321 e. The van der Waals surface area contributed by atoms with E-state index in [1.165, 1.54) is 5.56 Å². The molecule has 7 nitrogen and oxygen atoms in total. The average molecular weight is 618 g/mol. The molecule has 0 amide bonds. The van der Waals surface area contributed by atoms with Crippen LogP contribution in [-0.2, 0) is 16.0 Å². The third-order valence-corrected chi connectivity index (χ3v) is 8.79. The van der Waals surface area contributed by atoms with E-state index in [1.54, 1.807) is 0 Å². The fraction of sp³-hybridized carbons (Fsp3) is 0.545. The van der Waals surface area contributed by atoms with Crippen molar-refractivity contribution in [2.45, 2.75) is 52.4 Å². The van der Waals surface area contributed by atoms with E-state index in [9.17, 15) is 4.79 Å². The van der Waals surface area contributed by atoms with Crippen molar-refractivity contribution in [3.8, 4) is 5.75 Å². The Morgan fingerprint density at radius 3 is 2.48 bits per heavy atom. The summed E-state index contributed by atoms with van der Waals surface area (Å²) in [5.74, 6) is 0.641. The minimum absolute atomic E-state index is 0.178. The number of ether oxygens (including phenoxy) is 2. The number of hydrogen-bond donors (Lipinski definition) is 0. The zero-order chi connectivity index (χ0) is 29.9. The molecule has 4 rings (SSSR count). The Morgan fingerprint density at radius 2 is 1.74 bits per heavy atom. The molecule has 2 heterocycles. The van der Waals surface area contributed by atoms with Crippen LogP contribution < -0.4 is 14.5 Å². The van der Waals surface area contributed by atoms with Crippen LogP contribution in [0.15, 0.2) is 48.7 Å². The molecular formula is C33H46Cl2N4O3. The molecule has 0 spiro atoms. The van der Waals surface area contributed by atoms with E-state index in [2.05, 4.69) is 47.3 Å². The van der Waals surface area contributed by atoms with Crippen LogP contribution in [0, 0.1) is 0 Å². The van der Waals surface area contributed by atoms with Gasteiger partial charge in [0.2, 0.25) is 0 Å². The molecule has 0 bridgehead atoms. The van der Waals surface area contributed by atoms with Gasteiger partial charge in [0, 0.05) is 37.9 Å². The van der Waals surface area contributed by atoms with Crippen molar-refractivity contribution < 1.29 is 14.3 Å². The van der Waals surface area contributed by atoms with Crippen molar-refractivity contribution in [3.05, 3.63) is 64.3 Å². The van der Waals surface area contributed by atoms with Crippen molar-refractivity contribution in [2.24, 2.45) is 0 Å². The number of aryl methyl sites for hydroxylation is 1. The number of unbranched alkanes of at least 4 members (excludes halogenated alkanes) is 1. The summed E-state index contributed by atoms with van der Waals surface area (Å²) in [6.45, 7) is 16.4. The van der Waals surface area contributed by atoms with Crippen LogP contribution in [0.4, 0.5) is 11.4 Å². The van der Waals surface area contributed by atoms with Crippen LogP contribution in [0.1, 0.15) is 51.5 Å². The number of rotatable bonds is 15. The Hall–Kier alpha value is -2.45. The lowest BCUT2D eigenvalue weighted by molar-refractivity contribution is -0.144. The Bertz CT molecular complexity index is 1180. The van der Waals surface area contributed by atoms with Gasteiger partial charge in [-0.15, -0.1) is 0 Å². The van der Waals surface area contributed by atoms with E-state index >= 15 is 0 Å². The Kier molecular flexibility index (Phi) is 12.7. The van der Waals surface area contributed by atoms with Crippen LogP contribution >= 0.6 is 23.2 Å². The van der Waals surface area contributed by atoms with Gasteiger partial charge in [-0.1, -0.05) is 55.8 Å². The van der Waals surface area contributed by atoms with Gasteiger partial charge in [-0.25, -0.2) is 0 Å². The molecule has 0 aromatic heterocycles. The predicted molar refractivity (Wildman–Crippen MR) is 174 cm³/mol. The summed E-state index contributed by atoms with van der Waals surface area (Å²) in [6, 6.07) is 12.1. The van der Waals surface area contributed by atoms with Crippen molar-refractivity contribution in [3.63, 3.8) is 0 Å². The number of benzene rings is 2. The number of anilines is 2. The molecule has 1 saturated heterocycles.